The lowest BCUT2D eigenvalue weighted by atomic mass is 10.2. The summed E-state index contributed by atoms with van der Waals surface area (Å²) < 4.78 is 4.41. The van der Waals surface area contributed by atoms with Crippen molar-refractivity contribution in [2.24, 2.45) is 5.92 Å². The minimum atomic E-state index is 0.726. The molecule has 3 aliphatic carbocycles. The van der Waals surface area contributed by atoms with Crippen LogP contribution in [0.4, 0.5) is 10.8 Å². The third-order valence-electron chi connectivity index (χ3n) is 4.12. The molecule has 3 fully saturated rings. The van der Waals surface area contributed by atoms with Gasteiger partial charge in [0.1, 0.15) is 10.8 Å². The predicted molar refractivity (Wildman–Crippen MR) is 71.6 cm³/mol. The van der Waals surface area contributed by atoms with Crippen LogP contribution in [0.2, 0.25) is 0 Å². The van der Waals surface area contributed by atoms with Crippen LogP contribution < -0.4 is 10.6 Å². The molecule has 0 aromatic carbocycles. The molecule has 1 aromatic heterocycles. The second kappa shape index (κ2) is 3.61. The van der Waals surface area contributed by atoms with Gasteiger partial charge in [0, 0.05) is 18.2 Å². The Hall–Kier alpha value is -0.770. The van der Waals surface area contributed by atoms with Crippen LogP contribution in [0.25, 0.3) is 0 Å². The summed E-state index contributed by atoms with van der Waals surface area (Å²) in [5.41, 5.74) is 7.45. The quantitative estimate of drug-likeness (QED) is 0.872. The molecule has 0 atom stereocenters. The average molecular weight is 249 g/mol. The Morgan fingerprint density at radius 3 is 2.53 bits per heavy atom. The van der Waals surface area contributed by atoms with E-state index >= 15 is 0 Å². The van der Waals surface area contributed by atoms with Gasteiger partial charge in [-0.25, -0.2) is 0 Å². The van der Waals surface area contributed by atoms with E-state index in [9.17, 15) is 0 Å². The summed E-state index contributed by atoms with van der Waals surface area (Å²) in [7, 11) is 0. The number of rotatable bonds is 5. The number of nitrogen functional groups attached to an aromatic ring is 1. The van der Waals surface area contributed by atoms with Crippen LogP contribution >= 0.6 is 11.5 Å². The summed E-state index contributed by atoms with van der Waals surface area (Å²) in [6.45, 7) is 1.26. The van der Waals surface area contributed by atoms with Gasteiger partial charge < -0.3 is 10.6 Å². The molecule has 17 heavy (non-hydrogen) atoms. The smallest absolute Gasteiger partial charge is 0.142 e. The van der Waals surface area contributed by atoms with Gasteiger partial charge in [0.05, 0.1) is 0 Å². The van der Waals surface area contributed by atoms with E-state index < -0.39 is 0 Å². The highest BCUT2D eigenvalue weighted by Crippen LogP contribution is 2.51. The Morgan fingerprint density at radius 1 is 1.18 bits per heavy atom. The first kappa shape index (κ1) is 10.2. The zero-order valence-electron chi connectivity index (χ0n) is 10.1. The molecule has 0 aliphatic heterocycles. The van der Waals surface area contributed by atoms with Gasteiger partial charge in [-0.2, -0.15) is 4.37 Å². The minimum absolute atomic E-state index is 0.726. The van der Waals surface area contributed by atoms with Crippen molar-refractivity contribution in [3.8, 4) is 0 Å². The fraction of sp³-hybridized carbons (Fsp3) is 0.769. The number of aromatic nitrogens is 1. The van der Waals surface area contributed by atoms with Crippen molar-refractivity contribution in [1.82, 2.24) is 4.37 Å². The summed E-state index contributed by atoms with van der Waals surface area (Å²) >= 11 is 1.64. The summed E-state index contributed by atoms with van der Waals surface area (Å²) in [6, 6.07) is 0.799. The van der Waals surface area contributed by atoms with E-state index in [-0.39, 0.29) is 0 Å². The van der Waals surface area contributed by atoms with Gasteiger partial charge in [-0.15, -0.1) is 0 Å². The highest BCUT2D eigenvalue weighted by Gasteiger charge is 2.39. The number of nitrogens with zero attached hydrogens (tertiary/aromatic N) is 2. The van der Waals surface area contributed by atoms with E-state index in [0.717, 1.165) is 23.7 Å². The predicted octanol–water partition coefficient (Wildman–Crippen LogP) is 2.98. The maximum absolute atomic E-state index is 6.06. The molecule has 4 heteroatoms. The number of hydrogen-bond acceptors (Lipinski definition) is 4. The lowest BCUT2D eigenvalue weighted by Crippen LogP contribution is -2.28. The van der Waals surface area contributed by atoms with E-state index in [1.165, 1.54) is 55.6 Å². The van der Waals surface area contributed by atoms with Gasteiger partial charge in [-0.05, 0) is 61.9 Å². The molecule has 1 heterocycles. The largest absolute Gasteiger partial charge is 0.383 e. The Bertz CT molecular complexity index is 430. The minimum Gasteiger partial charge on any atom is -0.383 e. The summed E-state index contributed by atoms with van der Waals surface area (Å²) in [6.07, 6.45) is 8.23. The maximum Gasteiger partial charge on any atom is 0.142 e. The molecule has 4 rings (SSSR count). The van der Waals surface area contributed by atoms with Crippen molar-refractivity contribution in [3.05, 3.63) is 5.56 Å². The van der Waals surface area contributed by atoms with E-state index in [4.69, 9.17) is 5.73 Å². The third-order valence-corrected chi connectivity index (χ3v) is 5.04. The van der Waals surface area contributed by atoms with Crippen LogP contribution in [0, 0.1) is 5.92 Å². The molecule has 92 valence electrons. The van der Waals surface area contributed by atoms with Crippen LogP contribution in [0.5, 0.6) is 0 Å². The fourth-order valence-corrected chi connectivity index (χ4v) is 3.61. The molecule has 3 nitrogen and oxygen atoms in total. The normalized spacial score (nSPS) is 24.0. The Morgan fingerprint density at radius 2 is 1.94 bits per heavy atom. The van der Waals surface area contributed by atoms with Gasteiger partial charge in [-0.3, -0.25) is 0 Å². The molecule has 3 saturated carbocycles. The molecule has 0 unspecified atom stereocenters. The molecule has 2 N–H and O–H groups in total. The highest BCUT2D eigenvalue weighted by molar-refractivity contribution is 7.10. The Balaban J connectivity index is 1.65. The Labute approximate surface area is 106 Å². The van der Waals surface area contributed by atoms with E-state index in [2.05, 4.69) is 9.27 Å². The standard InChI is InChI=1S/C13H19N3S/c14-12-11(9-3-4-9)13(17-15-12)16(10-5-6-10)7-8-1-2-8/h8-10H,1-7H2,(H2,14,15). The second-order valence-corrected chi connectivity index (χ2v) is 6.64. The molecule has 0 spiro atoms. The van der Waals surface area contributed by atoms with E-state index in [0.29, 0.717) is 0 Å². The van der Waals surface area contributed by atoms with Crippen LogP contribution in [-0.2, 0) is 0 Å². The van der Waals surface area contributed by atoms with Crippen LogP contribution in [0.1, 0.15) is 50.0 Å². The second-order valence-electron chi connectivity index (χ2n) is 5.89. The lowest BCUT2D eigenvalue weighted by molar-refractivity contribution is 0.721. The van der Waals surface area contributed by atoms with Crippen LogP contribution in [0.15, 0.2) is 0 Å². The number of nitrogens with two attached hydrogens (primary N) is 1. The van der Waals surface area contributed by atoms with Gasteiger partial charge in [0.15, 0.2) is 0 Å². The molecule has 1 aromatic rings. The summed E-state index contributed by atoms with van der Waals surface area (Å²) in [4.78, 5) is 2.64. The SMILES string of the molecule is Nc1nsc(N(CC2CC2)C2CC2)c1C1CC1. The number of hydrogen-bond donors (Lipinski definition) is 1. The van der Waals surface area contributed by atoms with Crippen molar-refractivity contribution in [2.45, 2.75) is 50.5 Å². The summed E-state index contributed by atoms with van der Waals surface area (Å²) in [5, 5.41) is 1.42. The van der Waals surface area contributed by atoms with Crippen LogP contribution in [-0.4, -0.2) is 17.0 Å². The first-order valence-corrected chi connectivity index (χ1v) is 7.62. The molecule has 3 aliphatic rings. The lowest BCUT2D eigenvalue weighted by Gasteiger charge is -2.23. The van der Waals surface area contributed by atoms with Crippen molar-refractivity contribution in [3.63, 3.8) is 0 Å². The first-order valence-electron chi connectivity index (χ1n) is 6.84. The molecular weight excluding hydrogens is 230 g/mol. The summed E-state index contributed by atoms with van der Waals surface area (Å²) in [5.74, 6) is 2.49. The van der Waals surface area contributed by atoms with Gasteiger partial charge >= 0.3 is 0 Å². The maximum atomic E-state index is 6.06. The van der Waals surface area contributed by atoms with Gasteiger partial charge in [0.2, 0.25) is 0 Å². The van der Waals surface area contributed by atoms with Crippen molar-refractivity contribution >= 4 is 22.4 Å². The number of anilines is 2. The van der Waals surface area contributed by atoms with Crippen molar-refractivity contribution in [2.75, 3.05) is 17.2 Å². The van der Waals surface area contributed by atoms with Gasteiger partial charge in [0.25, 0.3) is 0 Å². The first-order chi connectivity index (χ1) is 8.33. The monoisotopic (exact) mass is 249 g/mol. The molecule has 0 saturated heterocycles. The highest BCUT2D eigenvalue weighted by atomic mass is 32.1. The fourth-order valence-electron chi connectivity index (χ4n) is 2.63. The molecule has 0 amide bonds. The van der Waals surface area contributed by atoms with Crippen molar-refractivity contribution < 1.29 is 0 Å². The average Bonchev–Trinajstić information content (AvgIpc) is 3.17. The molecular formula is C13H19N3S. The zero-order chi connectivity index (χ0) is 11.4. The van der Waals surface area contributed by atoms with E-state index in [1.54, 1.807) is 11.5 Å². The molecule has 0 bridgehead atoms. The van der Waals surface area contributed by atoms with E-state index in [1.807, 2.05) is 0 Å². The van der Waals surface area contributed by atoms with Crippen molar-refractivity contribution in [1.29, 1.82) is 0 Å². The topological polar surface area (TPSA) is 42.1 Å². The van der Waals surface area contributed by atoms with Gasteiger partial charge in [-0.1, -0.05) is 0 Å². The zero-order valence-corrected chi connectivity index (χ0v) is 10.9. The Kier molecular flexibility index (Phi) is 2.16. The third kappa shape index (κ3) is 1.92. The molecule has 0 radical (unpaired) electrons. The van der Waals surface area contributed by atoms with Crippen LogP contribution in [0.3, 0.4) is 0 Å².